The van der Waals surface area contributed by atoms with Crippen molar-refractivity contribution in [2.24, 2.45) is 0 Å². The number of carboxylic acid groups (broad SMARTS) is 1. The Bertz CT molecular complexity index is 475. The highest BCUT2D eigenvalue weighted by Gasteiger charge is 2.05. The number of hydrogen-bond donors (Lipinski definition) is 2. The Morgan fingerprint density at radius 2 is 1.62 bits per heavy atom. The summed E-state index contributed by atoms with van der Waals surface area (Å²) in [7, 11) is 3.75. The van der Waals surface area contributed by atoms with Gasteiger partial charge in [-0.25, -0.2) is 4.79 Å². The molecule has 84 valence electrons. The molecule has 0 atom stereocenters. The number of fused-ring (bicyclic) bond motifs is 1. The fourth-order valence-corrected chi connectivity index (χ4v) is 1.41. The van der Waals surface area contributed by atoms with Crippen LogP contribution >= 0.6 is 0 Å². The fraction of sp³-hybridized carbons (Fsp3) is 0.154. The lowest BCUT2D eigenvalue weighted by molar-refractivity contribution is 0.0699. The first kappa shape index (κ1) is 12.2. The molecule has 2 aromatic rings. The van der Waals surface area contributed by atoms with Gasteiger partial charge in [0.25, 0.3) is 0 Å². The summed E-state index contributed by atoms with van der Waals surface area (Å²) < 4.78 is 0. The van der Waals surface area contributed by atoms with Gasteiger partial charge in [0, 0.05) is 0 Å². The Morgan fingerprint density at radius 1 is 1.06 bits per heavy atom. The third-order valence-corrected chi connectivity index (χ3v) is 2.02. The summed E-state index contributed by atoms with van der Waals surface area (Å²) in [5.74, 6) is -0.878. The van der Waals surface area contributed by atoms with Gasteiger partial charge in [0.15, 0.2) is 0 Å². The summed E-state index contributed by atoms with van der Waals surface area (Å²) in [6.07, 6.45) is 0. The summed E-state index contributed by atoms with van der Waals surface area (Å²) in [6, 6.07) is 12.7. The van der Waals surface area contributed by atoms with Crippen LogP contribution in [0.2, 0.25) is 0 Å². The molecule has 0 aliphatic heterocycles. The molecule has 0 aliphatic carbocycles. The third kappa shape index (κ3) is 2.81. The number of carboxylic acids is 1. The zero-order chi connectivity index (χ0) is 12.0. The number of aromatic carboxylic acids is 1. The summed E-state index contributed by atoms with van der Waals surface area (Å²) in [6.45, 7) is 0. The molecular weight excluding hydrogens is 202 g/mol. The first-order valence-electron chi connectivity index (χ1n) is 5.00. The molecule has 0 bridgehead atoms. The van der Waals surface area contributed by atoms with Crippen molar-refractivity contribution in [1.82, 2.24) is 5.32 Å². The van der Waals surface area contributed by atoms with Crippen molar-refractivity contribution in [2.45, 2.75) is 0 Å². The summed E-state index contributed by atoms with van der Waals surface area (Å²) in [5.41, 5.74) is 0.359. The summed E-state index contributed by atoms with van der Waals surface area (Å²) >= 11 is 0. The zero-order valence-corrected chi connectivity index (χ0v) is 9.40. The standard InChI is InChI=1S/C11H8O2.C2H7N/c12-11(13)10-7-3-5-8-4-1-2-6-9(8)10;1-3-2/h1-7H,(H,12,13);3H,1-2H3. The minimum Gasteiger partial charge on any atom is -0.478 e. The van der Waals surface area contributed by atoms with E-state index in [4.69, 9.17) is 5.11 Å². The highest BCUT2D eigenvalue weighted by molar-refractivity contribution is 6.03. The molecule has 3 nitrogen and oxygen atoms in total. The van der Waals surface area contributed by atoms with Crippen molar-refractivity contribution < 1.29 is 9.90 Å². The van der Waals surface area contributed by atoms with Crippen molar-refractivity contribution in [3.63, 3.8) is 0 Å². The molecule has 0 aromatic heterocycles. The second-order valence-electron chi connectivity index (χ2n) is 3.33. The second-order valence-corrected chi connectivity index (χ2v) is 3.33. The second kappa shape index (κ2) is 5.88. The monoisotopic (exact) mass is 217 g/mol. The van der Waals surface area contributed by atoms with E-state index < -0.39 is 5.97 Å². The Balaban J connectivity index is 0.000000386. The number of rotatable bonds is 1. The summed E-state index contributed by atoms with van der Waals surface area (Å²) in [4.78, 5) is 10.8. The number of nitrogens with one attached hydrogen (secondary N) is 1. The van der Waals surface area contributed by atoms with Crippen LogP contribution in [0.3, 0.4) is 0 Å². The van der Waals surface area contributed by atoms with Gasteiger partial charge < -0.3 is 10.4 Å². The highest BCUT2D eigenvalue weighted by Crippen LogP contribution is 2.17. The zero-order valence-electron chi connectivity index (χ0n) is 9.40. The van der Waals surface area contributed by atoms with Crippen LogP contribution < -0.4 is 5.32 Å². The molecule has 0 saturated heterocycles. The van der Waals surface area contributed by atoms with E-state index in [2.05, 4.69) is 5.32 Å². The molecule has 0 fully saturated rings. The van der Waals surface area contributed by atoms with Crippen LogP contribution in [-0.4, -0.2) is 25.2 Å². The molecule has 0 amide bonds. The maximum Gasteiger partial charge on any atom is 0.336 e. The molecule has 2 N–H and O–H groups in total. The smallest absolute Gasteiger partial charge is 0.336 e. The van der Waals surface area contributed by atoms with E-state index in [1.165, 1.54) is 0 Å². The first-order valence-corrected chi connectivity index (χ1v) is 5.00. The minimum atomic E-state index is -0.878. The predicted molar refractivity (Wildman–Crippen MR) is 65.9 cm³/mol. The van der Waals surface area contributed by atoms with Gasteiger partial charge in [-0.3, -0.25) is 0 Å². The normalized spacial score (nSPS) is 9.38. The van der Waals surface area contributed by atoms with E-state index in [9.17, 15) is 4.79 Å². The van der Waals surface area contributed by atoms with Crippen LogP contribution in [0, 0.1) is 0 Å². The molecule has 0 unspecified atom stereocenters. The van der Waals surface area contributed by atoms with Crippen LogP contribution in [0.5, 0.6) is 0 Å². The molecular formula is C13H15NO2. The summed E-state index contributed by atoms with van der Waals surface area (Å²) in [5, 5.41) is 13.4. The molecule has 0 aliphatic rings. The minimum absolute atomic E-state index is 0.359. The van der Waals surface area contributed by atoms with Crippen LogP contribution in [0.15, 0.2) is 42.5 Å². The Kier molecular flexibility index (Phi) is 4.48. The van der Waals surface area contributed by atoms with Gasteiger partial charge in [0.2, 0.25) is 0 Å². The van der Waals surface area contributed by atoms with E-state index in [0.29, 0.717) is 5.56 Å². The number of hydrogen-bond acceptors (Lipinski definition) is 2. The van der Waals surface area contributed by atoms with Crippen LogP contribution in [0.4, 0.5) is 0 Å². The molecule has 2 aromatic carbocycles. The molecule has 0 heterocycles. The molecule has 0 radical (unpaired) electrons. The van der Waals surface area contributed by atoms with Gasteiger partial charge in [0.1, 0.15) is 0 Å². The van der Waals surface area contributed by atoms with Gasteiger partial charge in [-0.05, 0) is 30.9 Å². The highest BCUT2D eigenvalue weighted by atomic mass is 16.4. The number of benzene rings is 2. The lowest BCUT2D eigenvalue weighted by atomic mass is 10.1. The van der Waals surface area contributed by atoms with Gasteiger partial charge in [0.05, 0.1) is 5.56 Å². The van der Waals surface area contributed by atoms with Gasteiger partial charge in [-0.2, -0.15) is 0 Å². The Morgan fingerprint density at radius 3 is 2.25 bits per heavy atom. The van der Waals surface area contributed by atoms with Crippen molar-refractivity contribution >= 4 is 16.7 Å². The third-order valence-electron chi connectivity index (χ3n) is 2.02. The largest absolute Gasteiger partial charge is 0.478 e. The van der Waals surface area contributed by atoms with E-state index in [1.807, 2.05) is 44.4 Å². The quantitative estimate of drug-likeness (QED) is 0.771. The average Bonchev–Trinajstić information content (AvgIpc) is 2.29. The molecule has 2 rings (SSSR count). The lowest BCUT2D eigenvalue weighted by Crippen LogP contribution is -1.96. The maximum atomic E-state index is 10.8. The number of carbonyl (C=O) groups is 1. The van der Waals surface area contributed by atoms with Crippen LogP contribution in [0.1, 0.15) is 10.4 Å². The maximum absolute atomic E-state index is 10.8. The van der Waals surface area contributed by atoms with Crippen molar-refractivity contribution in [2.75, 3.05) is 14.1 Å². The first-order chi connectivity index (χ1) is 7.70. The van der Waals surface area contributed by atoms with E-state index in [-0.39, 0.29) is 0 Å². The van der Waals surface area contributed by atoms with E-state index in [1.54, 1.807) is 12.1 Å². The van der Waals surface area contributed by atoms with Crippen molar-refractivity contribution in [3.8, 4) is 0 Å². The van der Waals surface area contributed by atoms with Crippen LogP contribution in [-0.2, 0) is 0 Å². The van der Waals surface area contributed by atoms with Gasteiger partial charge in [-0.15, -0.1) is 0 Å². The lowest BCUT2D eigenvalue weighted by Gasteiger charge is -2.00. The molecule has 3 heteroatoms. The van der Waals surface area contributed by atoms with Crippen molar-refractivity contribution in [3.05, 3.63) is 48.0 Å². The van der Waals surface area contributed by atoms with Crippen molar-refractivity contribution in [1.29, 1.82) is 0 Å². The van der Waals surface area contributed by atoms with Gasteiger partial charge >= 0.3 is 5.97 Å². The fourth-order valence-electron chi connectivity index (χ4n) is 1.41. The topological polar surface area (TPSA) is 49.3 Å². The van der Waals surface area contributed by atoms with E-state index in [0.717, 1.165) is 10.8 Å². The van der Waals surface area contributed by atoms with Gasteiger partial charge in [-0.1, -0.05) is 36.4 Å². The molecule has 0 saturated carbocycles. The van der Waals surface area contributed by atoms with Crippen LogP contribution in [0.25, 0.3) is 10.8 Å². The predicted octanol–water partition coefficient (Wildman–Crippen LogP) is 2.37. The van der Waals surface area contributed by atoms with E-state index >= 15 is 0 Å². The Hall–Kier alpha value is -1.87. The molecule has 0 spiro atoms. The molecule has 16 heavy (non-hydrogen) atoms. The average molecular weight is 217 g/mol. The Labute approximate surface area is 94.7 Å². The SMILES string of the molecule is CNC.O=C(O)c1cccc2ccccc12.